The van der Waals surface area contributed by atoms with E-state index in [2.05, 4.69) is 9.68 Å². The third kappa shape index (κ3) is 3.21. The van der Waals surface area contributed by atoms with Gasteiger partial charge in [-0.25, -0.2) is 0 Å². The molecule has 0 aromatic carbocycles. The van der Waals surface area contributed by atoms with Crippen LogP contribution in [0.5, 0.6) is 0 Å². The highest BCUT2D eigenvalue weighted by Crippen LogP contribution is 1.87. The standard InChI is InChI=1S/C4H10ClNO2/c1-7-6(8-2)4-3-5/h3-4H2,1-2H3. The Labute approximate surface area is 54.0 Å². The minimum Gasteiger partial charge on any atom is -0.278 e. The van der Waals surface area contributed by atoms with Crippen LogP contribution in [0, 0.1) is 0 Å². The highest BCUT2D eigenvalue weighted by Gasteiger charge is 1.96. The fourth-order valence-electron chi connectivity index (χ4n) is 0.326. The zero-order valence-corrected chi connectivity index (χ0v) is 5.81. The van der Waals surface area contributed by atoms with Crippen LogP contribution >= 0.6 is 11.6 Å². The lowest BCUT2D eigenvalue weighted by Gasteiger charge is -2.13. The maximum Gasteiger partial charge on any atom is 0.0652 e. The van der Waals surface area contributed by atoms with Crippen LogP contribution in [0.15, 0.2) is 0 Å². The lowest BCUT2D eigenvalue weighted by Crippen LogP contribution is -2.22. The van der Waals surface area contributed by atoms with E-state index >= 15 is 0 Å². The van der Waals surface area contributed by atoms with Gasteiger partial charge in [-0.15, -0.1) is 11.6 Å². The second-order valence-electron chi connectivity index (χ2n) is 1.11. The van der Waals surface area contributed by atoms with Crippen molar-refractivity contribution in [1.82, 2.24) is 5.23 Å². The fraction of sp³-hybridized carbons (Fsp3) is 1.00. The van der Waals surface area contributed by atoms with Crippen LogP contribution < -0.4 is 0 Å². The van der Waals surface area contributed by atoms with E-state index in [1.165, 1.54) is 19.4 Å². The summed E-state index contributed by atoms with van der Waals surface area (Å²) in [5, 5.41) is 1.30. The van der Waals surface area contributed by atoms with Crippen molar-refractivity contribution in [3.63, 3.8) is 0 Å². The van der Waals surface area contributed by atoms with Crippen LogP contribution in [0.2, 0.25) is 0 Å². The van der Waals surface area contributed by atoms with Crippen molar-refractivity contribution in [2.24, 2.45) is 0 Å². The van der Waals surface area contributed by atoms with Gasteiger partial charge in [-0.1, -0.05) is 5.23 Å². The van der Waals surface area contributed by atoms with Crippen molar-refractivity contribution in [2.75, 3.05) is 26.6 Å². The summed E-state index contributed by atoms with van der Waals surface area (Å²) in [4.78, 5) is 9.33. The minimum absolute atomic E-state index is 0.502. The van der Waals surface area contributed by atoms with E-state index in [1.807, 2.05) is 0 Å². The average Bonchev–Trinajstić information content (AvgIpc) is 1.83. The molecule has 0 unspecified atom stereocenters. The lowest BCUT2D eigenvalue weighted by molar-refractivity contribution is -0.339. The predicted molar refractivity (Wildman–Crippen MR) is 31.4 cm³/mol. The third-order valence-corrected chi connectivity index (χ3v) is 0.843. The van der Waals surface area contributed by atoms with Gasteiger partial charge in [0.25, 0.3) is 0 Å². The first-order valence-corrected chi connectivity index (χ1v) is 2.80. The van der Waals surface area contributed by atoms with Gasteiger partial charge in [0.05, 0.1) is 20.8 Å². The molecule has 0 bridgehead atoms. The Morgan fingerprint density at radius 3 is 2.00 bits per heavy atom. The van der Waals surface area contributed by atoms with Gasteiger partial charge in [0.2, 0.25) is 0 Å². The van der Waals surface area contributed by atoms with E-state index in [1.54, 1.807) is 0 Å². The molecule has 0 saturated carbocycles. The topological polar surface area (TPSA) is 21.7 Å². The first kappa shape index (κ1) is 8.17. The van der Waals surface area contributed by atoms with E-state index < -0.39 is 0 Å². The first-order chi connectivity index (χ1) is 3.85. The van der Waals surface area contributed by atoms with Crippen LogP contribution in [0.25, 0.3) is 0 Å². The van der Waals surface area contributed by atoms with E-state index in [0.717, 1.165) is 0 Å². The SMILES string of the molecule is CON(CCCl)OC. The summed E-state index contributed by atoms with van der Waals surface area (Å²) in [5.41, 5.74) is 0. The third-order valence-electron chi connectivity index (χ3n) is 0.674. The molecule has 0 aliphatic carbocycles. The number of hydrogen-bond donors (Lipinski definition) is 0. The zero-order chi connectivity index (χ0) is 6.41. The van der Waals surface area contributed by atoms with Crippen molar-refractivity contribution in [1.29, 1.82) is 0 Å². The summed E-state index contributed by atoms with van der Waals surface area (Å²) >= 11 is 5.35. The molecule has 4 heteroatoms. The molecule has 0 aliphatic rings. The Bertz CT molecular complexity index is 49.3. The number of nitrogens with zero attached hydrogens (tertiary/aromatic N) is 1. The van der Waals surface area contributed by atoms with E-state index in [0.29, 0.717) is 12.4 Å². The van der Waals surface area contributed by atoms with Crippen LogP contribution in [0.4, 0.5) is 0 Å². The van der Waals surface area contributed by atoms with Gasteiger partial charge in [-0.3, -0.25) is 9.68 Å². The first-order valence-electron chi connectivity index (χ1n) is 2.27. The van der Waals surface area contributed by atoms with Crippen LogP contribution in [0.1, 0.15) is 0 Å². The Hall–Kier alpha value is 0.170. The smallest absolute Gasteiger partial charge is 0.0652 e. The number of hydrogen-bond acceptors (Lipinski definition) is 3. The predicted octanol–water partition coefficient (Wildman–Crippen LogP) is 0.650. The molecule has 0 saturated heterocycles. The Kier molecular flexibility index (Phi) is 5.42. The van der Waals surface area contributed by atoms with Crippen molar-refractivity contribution in [3.05, 3.63) is 0 Å². The number of hydroxylamine groups is 2. The molecule has 0 spiro atoms. The van der Waals surface area contributed by atoms with Gasteiger partial charge in [0, 0.05) is 5.88 Å². The van der Waals surface area contributed by atoms with E-state index in [4.69, 9.17) is 11.6 Å². The number of halogens is 1. The number of alkyl halides is 1. The summed E-state index contributed by atoms with van der Waals surface area (Å²) in [6, 6.07) is 0. The molecular weight excluding hydrogens is 130 g/mol. The molecule has 0 radical (unpaired) electrons. The zero-order valence-electron chi connectivity index (χ0n) is 5.06. The van der Waals surface area contributed by atoms with Crippen LogP contribution in [0.3, 0.4) is 0 Å². The highest BCUT2D eigenvalue weighted by atomic mass is 35.5. The average molecular weight is 140 g/mol. The molecule has 0 aliphatic heterocycles. The minimum atomic E-state index is 0.502. The summed E-state index contributed by atoms with van der Waals surface area (Å²) in [7, 11) is 3.05. The maximum absolute atomic E-state index is 5.35. The second-order valence-corrected chi connectivity index (χ2v) is 1.49. The molecule has 0 atom stereocenters. The quantitative estimate of drug-likeness (QED) is 0.422. The second kappa shape index (κ2) is 5.31. The van der Waals surface area contributed by atoms with Crippen molar-refractivity contribution in [2.45, 2.75) is 0 Å². The molecule has 0 rings (SSSR count). The number of rotatable bonds is 4. The van der Waals surface area contributed by atoms with Crippen molar-refractivity contribution < 1.29 is 9.68 Å². The molecule has 0 aromatic rings. The fourth-order valence-corrected chi connectivity index (χ4v) is 0.464. The Balaban J connectivity index is 3.07. The van der Waals surface area contributed by atoms with Crippen LogP contribution in [-0.2, 0) is 9.68 Å². The monoisotopic (exact) mass is 139 g/mol. The molecule has 0 heterocycles. The molecule has 0 amide bonds. The van der Waals surface area contributed by atoms with Gasteiger partial charge in [0.1, 0.15) is 0 Å². The molecule has 0 aromatic heterocycles. The molecule has 0 N–H and O–H groups in total. The molecule has 8 heavy (non-hydrogen) atoms. The molecule has 3 nitrogen and oxygen atoms in total. The Morgan fingerprint density at radius 1 is 1.38 bits per heavy atom. The lowest BCUT2D eigenvalue weighted by atomic mass is 10.8. The van der Waals surface area contributed by atoms with Crippen molar-refractivity contribution >= 4 is 11.6 Å². The van der Waals surface area contributed by atoms with E-state index in [-0.39, 0.29) is 0 Å². The summed E-state index contributed by atoms with van der Waals surface area (Å²) in [6.07, 6.45) is 0. The normalized spacial score (nSPS) is 10.5. The van der Waals surface area contributed by atoms with Gasteiger partial charge >= 0.3 is 0 Å². The molecular formula is C4H10ClNO2. The largest absolute Gasteiger partial charge is 0.278 e. The van der Waals surface area contributed by atoms with Gasteiger partial charge in [0.15, 0.2) is 0 Å². The van der Waals surface area contributed by atoms with Gasteiger partial charge in [-0.05, 0) is 0 Å². The summed E-state index contributed by atoms with van der Waals surface area (Å²) < 4.78 is 0. The molecule has 0 fully saturated rings. The highest BCUT2D eigenvalue weighted by molar-refractivity contribution is 6.18. The maximum atomic E-state index is 5.35. The molecule has 50 valence electrons. The van der Waals surface area contributed by atoms with Gasteiger partial charge < -0.3 is 0 Å². The van der Waals surface area contributed by atoms with E-state index in [9.17, 15) is 0 Å². The Morgan fingerprint density at radius 2 is 1.88 bits per heavy atom. The summed E-state index contributed by atoms with van der Waals surface area (Å²) in [6.45, 7) is 0.578. The van der Waals surface area contributed by atoms with Crippen molar-refractivity contribution in [3.8, 4) is 0 Å². The van der Waals surface area contributed by atoms with Crippen LogP contribution in [-0.4, -0.2) is 31.9 Å². The van der Waals surface area contributed by atoms with Gasteiger partial charge in [-0.2, -0.15) is 0 Å². The summed E-state index contributed by atoms with van der Waals surface area (Å²) in [5.74, 6) is 0.502.